The van der Waals surface area contributed by atoms with Crippen molar-refractivity contribution in [2.75, 3.05) is 0 Å². The van der Waals surface area contributed by atoms with Crippen LogP contribution in [0.2, 0.25) is 0 Å². The third kappa shape index (κ3) is 4.48. The summed E-state index contributed by atoms with van der Waals surface area (Å²) in [7, 11) is 0. The highest BCUT2D eigenvalue weighted by Crippen LogP contribution is 2.32. The van der Waals surface area contributed by atoms with Crippen LogP contribution < -0.4 is 0 Å². The van der Waals surface area contributed by atoms with Gasteiger partial charge in [-0.1, -0.05) is 54.9 Å². The van der Waals surface area contributed by atoms with Gasteiger partial charge in [-0.3, -0.25) is 0 Å². The van der Waals surface area contributed by atoms with E-state index in [-0.39, 0.29) is 0 Å². The maximum atomic E-state index is 2.45. The van der Waals surface area contributed by atoms with Crippen molar-refractivity contribution in [3.63, 3.8) is 0 Å². The summed E-state index contributed by atoms with van der Waals surface area (Å²) in [5.74, 6) is 4.34. The molecule has 0 saturated carbocycles. The smallest absolute Gasteiger partial charge is 0.0365 e. The van der Waals surface area contributed by atoms with Crippen molar-refractivity contribution in [3.8, 4) is 0 Å². The summed E-state index contributed by atoms with van der Waals surface area (Å²) in [6.45, 7) is 16.6. The van der Waals surface area contributed by atoms with Gasteiger partial charge in [0.15, 0.2) is 0 Å². The van der Waals surface area contributed by atoms with E-state index in [4.69, 9.17) is 0 Å². The Hall–Kier alpha value is 0. The molecular weight excluding hydrogens is 168 g/mol. The summed E-state index contributed by atoms with van der Waals surface area (Å²) in [5, 5.41) is 0. The molecule has 86 valence electrons. The fraction of sp³-hybridized carbons (Fsp3) is 1.00. The van der Waals surface area contributed by atoms with Crippen molar-refractivity contribution in [2.24, 2.45) is 29.6 Å². The van der Waals surface area contributed by atoms with Crippen LogP contribution in [0.1, 0.15) is 61.3 Å². The van der Waals surface area contributed by atoms with E-state index in [1.807, 2.05) is 0 Å². The number of rotatable bonds is 6. The van der Waals surface area contributed by atoms with Crippen molar-refractivity contribution in [3.05, 3.63) is 0 Å². The minimum Gasteiger partial charge on any atom is -0.0651 e. The van der Waals surface area contributed by atoms with E-state index in [9.17, 15) is 0 Å². The van der Waals surface area contributed by atoms with Crippen molar-refractivity contribution in [1.29, 1.82) is 0 Å². The lowest BCUT2D eigenvalue weighted by Crippen LogP contribution is -2.23. The van der Waals surface area contributed by atoms with E-state index >= 15 is 0 Å². The normalized spacial score (nSPS) is 18.6. The summed E-state index contributed by atoms with van der Waals surface area (Å²) < 4.78 is 0. The highest BCUT2D eigenvalue weighted by molar-refractivity contribution is 4.73. The Labute approximate surface area is 91.5 Å². The minimum absolute atomic E-state index is 0.838. The molecule has 0 amide bonds. The molecule has 0 spiro atoms. The van der Waals surface area contributed by atoms with Crippen molar-refractivity contribution >= 4 is 0 Å². The van der Waals surface area contributed by atoms with Crippen molar-refractivity contribution < 1.29 is 0 Å². The van der Waals surface area contributed by atoms with Gasteiger partial charge in [-0.05, 0) is 36.0 Å². The molecule has 0 aromatic rings. The first-order chi connectivity index (χ1) is 6.40. The fourth-order valence-corrected chi connectivity index (χ4v) is 2.83. The van der Waals surface area contributed by atoms with Gasteiger partial charge in [-0.2, -0.15) is 0 Å². The molecule has 0 heterocycles. The molecule has 0 radical (unpaired) electrons. The summed E-state index contributed by atoms with van der Waals surface area (Å²) >= 11 is 0. The molecule has 3 atom stereocenters. The highest BCUT2D eigenvalue weighted by Gasteiger charge is 2.24. The molecule has 0 saturated heterocycles. The zero-order chi connectivity index (χ0) is 11.3. The predicted octanol–water partition coefficient (Wildman–Crippen LogP) is 4.99. The quantitative estimate of drug-likeness (QED) is 0.564. The standard InChI is InChI=1S/C14H30/c1-8-14(11(4)5)13(7)12(6)9-10(2)3/h10-14H,8-9H2,1-7H3. The fourth-order valence-electron chi connectivity index (χ4n) is 2.83. The van der Waals surface area contributed by atoms with Gasteiger partial charge in [0.1, 0.15) is 0 Å². The molecule has 0 fully saturated rings. The number of hydrogen-bond acceptors (Lipinski definition) is 0. The van der Waals surface area contributed by atoms with Crippen LogP contribution in [0, 0.1) is 29.6 Å². The van der Waals surface area contributed by atoms with E-state index in [1.165, 1.54) is 12.8 Å². The van der Waals surface area contributed by atoms with E-state index in [0.29, 0.717) is 0 Å². The van der Waals surface area contributed by atoms with Gasteiger partial charge in [0.25, 0.3) is 0 Å². The molecule has 0 aliphatic heterocycles. The third-order valence-electron chi connectivity index (χ3n) is 3.74. The Morgan fingerprint density at radius 3 is 1.64 bits per heavy atom. The second-order valence-corrected chi connectivity index (χ2v) is 5.78. The molecule has 14 heavy (non-hydrogen) atoms. The van der Waals surface area contributed by atoms with E-state index in [1.54, 1.807) is 0 Å². The van der Waals surface area contributed by atoms with Crippen LogP contribution in [-0.2, 0) is 0 Å². The van der Waals surface area contributed by atoms with Crippen LogP contribution in [0.15, 0.2) is 0 Å². The third-order valence-corrected chi connectivity index (χ3v) is 3.74. The topological polar surface area (TPSA) is 0 Å². The molecule has 0 heteroatoms. The van der Waals surface area contributed by atoms with Crippen LogP contribution in [-0.4, -0.2) is 0 Å². The lowest BCUT2D eigenvalue weighted by Gasteiger charge is -2.32. The second-order valence-electron chi connectivity index (χ2n) is 5.78. The van der Waals surface area contributed by atoms with Gasteiger partial charge < -0.3 is 0 Å². The van der Waals surface area contributed by atoms with Gasteiger partial charge in [-0.15, -0.1) is 0 Å². The SMILES string of the molecule is CCC(C(C)C)C(C)C(C)CC(C)C. The van der Waals surface area contributed by atoms with Crippen LogP contribution in [0.25, 0.3) is 0 Å². The first-order valence-corrected chi connectivity index (χ1v) is 6.40. The van der Waals surface area contributed by atoms with Gasteiger partial charge in [-0.25, -0.2) is 0 Å². The lowest BCUT2D eigenvalue weighted by atomic mass is 9.74. The lowest BCUT2D eigenvalue weighted by molar-refractivity contribution is 0.180. The molecule has 0 N–H and O–H groups in total. The molecule has 0 aromatic carbocycles. The van der Waals surface area contributed by atoms with Gasteiger partial charge in [0.2, 0.25) is 0 Å². The molecule has 0 aliphatic rings. The molecule has 0 bridgehead atoms. The molecule has 0 aliphatic carbocycles. The highest BCUT2D eigenvalue weighted by atomic mass is 14.3. The van der Waals surface area contributed by atoms with Crippen LogP contribution in [0.4, 0.5) is 0 Å². The second kappa shape index (κ2) is 6.48. The molecule has 3 unspecified atom stereocenters. The average Bonchev–Trinajstić information content (AvgIpc) is 2.03. The van der Waals surface area contributed by atoms with Gasteiger partial charge in [0.05, 0.1) is 0 Å². The Balaban J connectivity index is 4.19. The predicted molar refractivity (Wildman–Crippen MR) is 66.4 cm³/mol. The Bertz CT molecular complexity index is 135. The summed E-state index contributed by atoms with van der Waals surface area (Å²) in [5.41, 5.74) is 0. The molecule has 0 aromatic heterocycles. The first-order valence-electron chi connectivity index (χ1n) is 6.40. The zero-order valence-electron chi connectivity index (χ0n) is 11.3. The Morgan fingerprint density at radius 1 is 0.857 bits per heavy atom. The van der Waals surface area contributed by atoms with Crippen LogP contribution in [0.5, 0.6) is 0 Å². The monoisotopic (exact) mass is 198 g/mol. The van der Waals surface area contributed by atoms with Crippen LogP contribution in [0.3, 0.4) is 0 Å². The van der Waals surface area contributed by atoms with E-state index < -0.39 is 0 Å². The minimum atomic E-state index is 0.838. The largest absolute Gasteiger partial charge is 0.0651 e. The Kier molecular flexibility index (Phi) is 6.48. The maximum absolute atomic E-state index is 2.45. The van der Waals surface area contributed by atoms with Crippen molar-refractivity contribution in [1.82, 2.24) is 0 Å². The molecule has 0 nitrogen and oxygen atoms in total. The number of hydrogen-bond donors (Lipinski definition) is 0. The molecular formula is C14H30. The summed E-state index contributed by atoms with van der Waals surface area (Å²) in [4.78, 5) is 0. The van der Waals surface area contributed by atoms with E-state index in [2.05, 4.69) is 48.5 Å². The summed E-state index contributed by atoms with van der Waals surface area (Å²) in [6, 6.07) is 0. The van der Waals surface area contributed by atoms with Crippen molar-refractivity contribution in [2.45, 2.75) is 61.3 Å². The maximum Gasteiger partial charge on any atom is -0.0365 e. The Morgan fingerprint density at radius 2 is 1.36 bits per heavy atom. The van der Waals surface area contributed by atoms with Gasteiger partial charge >= 0.3 is 0 Å². The van der Waals surface area contributed by atoms with E-state index in [0.717, 1.165) is 29.6 Å². The van der Waals surface area contributed by atoms with Crippen LogP contribution >= 0.6 is 0 Å². The zero-order valence-corrected chi connectivity index (χ0v) is 11.3. The summed E-state index contributed by atoms with van der Waals surface area (Å²) in [6.07, 6.45) is 2.71. The van der Waals surface area contributed by atoms with Gasteiger partial charge in [0, 0.05) is 0 Å². The average molecular weight is 198 g/mol. The first kappa shape index (κ1) is 14.0. The molecule has 0 rings (SSSR count).